The lowest BCUT2D eigenvalue weighted by molar-refractivity contribution is -0.108. The summed E-state index contributed by atoms with van der Waals surface area (Å²) in [5.74, 6) is 0.225. The van der Waals surface area contributed by atoms with Gasteiger partial charge in [0.2, 0.25) is 0 Å². The van der Waals surface area contributed by atoms with Crippen LogP contribution in [0, 0.1) is 17.7 Å². The van der Waals surface area contributed by atoms with Gasteiger partial charge in [0.1, 0.15) is 12.1 Å². The lowest BCUT2D eigenvalue weighted by atomic mass is 9.97. The van der Waals surface area contributed by atoms with E-state index in [0.717, 1.165) is 55.1 Å². The number of aromatic nitrogens is 2. The standard InChI is InChI=1S/C30H38ClFN4O2/c1-19(2)26(7-6-12-37)35-11-10-21(17-35)13-22-18-36(28-16-33-15-25(31)29(22)28)27-9-8-23(32)14-24(27)30(38)34(5)20(3)4/h8-9,12,14-16,18-21,26H,6-7,10-11,13,17H2,1-5H3/t21-,26-/m1/s1. The molecule has 3 heterocycles. The van der Waals surface area contributed by atoms with E-state index in [-0.39, 0.29) is 11.9 Å². The highest BCUT2D eigenvalue weighted by Gasteiger charge is 2.31. The number of aldehydes is 1. The van der Waals surface area contributed by atoms with Crippen molar-refractivity contribution in [3.8, 4) is 5.69 Å². The summed E-state index contributed by atoms with van der Waals surface area (Å²) in [6, 6.07) is 4.70. The van der Waals surface area contributed by atoms with E-state index in [1.165, 1.54) is 12.1 Å². The highest BCUT2D eigenvalue weighted by Crippen LogP contribution is 2.35. The minimum atomic E-state index is -0.456. The fourth-order valence-corrected chi connectivity index (χ4v) is 5.98. The summed E-state index contributed by atoms with van der Waals surface area (Å²) in [7, 11) is 1.73. The van der Waals surface area contributed by atoms with Crippen LogP contribution in [-0.4, -0.2) is 63.8 Å². The molecule has 1 aromatic carbocycles. The number of pyridine rings is 1. The molecule has 1 amide bonds. The SMILES string of the molecule is CC(C)[C@@H](CCC=O)N1CC[C@H](Cc2cn(-c3ccc(F)cc3C(=O)N(C)C(C)C)c3cncc(Cl)c23)C1. The Morgan fingerprint density at radius 3 is 2.71 bits per heavy atom. The smallest absolute Gasteiger partial charge is 0.256 e. The van der Waals surface area contributed by atoms with Gasteiger partial charge in [-0.05, 0) is 75.3 Å². The highest BCUT2D eigenvalue weighted by molar-refractivity contribution is 6.35. The topological polar surface area (TPSA) is 58.4 Å². The number of carbonyl (C=O) groups is 2. The van der Waals surface area contributed by atoms with Crippen molar-refractivity contribution in [3.63, 3.8) is 0 Å². The van der Waals surface area contributed by atoms with Crippen LogP contribution in [0.25, 0.3) is 16.6 Å². The predicted molar refractivity (Wildman–Crippen MR) is 151 cm³/mol. The molecule has 1 fully saturated rings. The summed E-state index contributed by atoms with van der Waals surface area (Å²) in [6.07, 6.45) is 9.83. The van der Waals surface area contributed by atoms with E-state index < -0.39 is 5.82 Å². The Morgan fingerprint density at radius 1 is 1.26 bits per heavy atom. The zero-order valence-corrected chi connectivity index (χ0v) is 23.7. The number of halogens is 2. The highest BCUT2D eigenvalue weighted by atomic mass is 35.5. The third kappa shape index (κ3) is 5.79. The number of carbonyl (C=O) groups excluding carboxylic acids is 2. The maximum atomic E-state index is 14.3. The number of nitrogens with zero attached hydrogens (tertiary/aromatic N) is 4. The van der Waals surface area contributed by atoms with Crippen LogP contribution in [-0.2, 0) is 11.2 Å². The Bertz CT molecular complexity index is 1300. The second-order valence-electron chi connectivity index (χ2n) is 11.1. The quantitative estimate of drug-likeness (QED) is 0.289. The van der Waals surface area contributed by atoms with E-state index in [9.17, 15) is 14.0 Å². The van der Waals surface area contributed by atoms with Crippen molar-refractivity contribution in [3.05, 3.63) is 58.8 Å². The summed E-state index contributed by atoms with van der Waals surface area (Å²) in [5.41, 5.74) is 2.78. The molecule has 0 bridgehead atoms. The van der Waals surface area contributed by atoms with Gasteiger partial charge >= 0.3 is 0 Å². The fourth-order valence-electron chi connectivity index (χ4n) is 5.70. The lowest BCUT2D eigenvalue weighted by Crippen LogP contribution is -2.37. The summed E-state index contributed by atoms with van der Waals surface area (Å²) in [6.45, 7) is 10.3. The number of fused-ring (bicyclic) bond motifs is 1. The molecule has 6 nitrogen and oxygen atoms in total. The molecular weight excluding hydrogens is 503 g/mol. The van der Waals surface area contributed by atoms with Crippen molar-refractivity contribution in [2.75, 3.05) is 20.1 Å². The summed E-state index contributed by atoms with van der Waals surface area (Å²) >= 11 is 6.69. The Balaban J connectivity index is 1.70. The number of likely N-dealkylation sites (tertiary alicyclic amines) is 1. The molecule has 1 aliphatic heterocycles. The molecule has 0 aliphatic carbocycles. The van der Waals surface area contributed by atoms with Crippen LogP contribution in [0.15, 0.2) is 36.8 Å². The molecule has 0 spiro atoms. The molecule has 2 aromatic heterocycles. The third-order valence-electron chi connectivity index (χ3n) is 7.93. The van der Waals surface area contributed by atoms with Crippen LogP contribution >= 0.6 is 11.6 Å². The average Bonchev–Trinajstić information content (AvgIpc) is 3.49. The molecule has 1 saturated heterocycles. The van der Waals surface area contributed by atoms with Crippen LogP contribution in [0.2, 0.25) is 5.02 Å². The Morgan fingerprint density at radius 2 is 2.03 bits per heavy atom. The van der Waals surface area contributed by atoms with E-state index in [0.29, 0.717) is 40.6 Å². The average molecular weight is 541 g/mol. The van der Waals surface area contributed by atoms with Crippen molar-refractivity contribution in [2.24, 2.45) is 11.8 Å². The van der Waals surface area contributed by atoms with E-state index in [4.69, 9.17) is 11.6 Å². The van der Waals surface area contributed by atoms with E-state index >= 15 is 0 Å². The van der Waals surface area contributed by atoms with Gasteiger partial charge < -0.3 is 14.3 Å². The van der Waals surface area contributed by atoms with Crippen LogP contribution in [0.3, 0.4) is 0 Å². The van der Waals surface area contributed by atoms with Gasteiger partial charge in [-0.25, -0.2) is 4.39 Å². The zero-order chi connectivity index (χ0) is 27.6. The molecule has 4 rings (SSSR count). The number of rotatable bonds is 10. The Hall–Kier alpha value is -2.77. The van der Waals surface area contributed by atoms with Gasteiger partial charge in [0, 0.05) is 49.9 Å². The first-order valence-corrected chi connectivity index (χ1v) is 13.9. The Kier molecular flexibility index (Phi) is 8.89. The first-order chi connectivity index (χ1) is 18.1. The lowest BCUT2D eigenvalue weighted by Gasteiger charge is -2.30. The largest absolute Gasteiger partial charge is 0.339 e. The number of amides is 1. The van der Waals surface area contributed by atoms with Crippen molar-refractivity contribution < 1.29 is 14.0 Å². The first-order valence-electron chi connectivity index (χ1n) is 13.5. The molecule has 0 N–H and O–H groups in total. The minimum Gasteiger partial charge on any atom is -0.339 e. The summed E-state index contributed by atoms with van der Waals surface area (Å²) in [5, 5.41) is 1.48. The maximum absolute atomic E-state index is 14.3. The molecule has 0 radical (unpaired) electrons. The molecule has 3 aromatic rings. The number of benzene rings is 1. The molecule has 204 valence electrons. The second-order valence-corrected chi connectivity index (χ2v) is 11.5. The Labute approximate surface area is 229 Å². The summed E-state index contributed by atoms with van der Waals surface area (Å²) in [4.78, 5) is 32.8. The fraction of sp³-hybridized carbons (Fsp3) is 0.500. The second kappa shape index (κ2) is 12.0. The molecule has 8 heteroatoms. The van der Waals surface area contributed by atoms with E-state index in [1.807, 2.05) is 24.6 Å². The van der Waals surface area contributed by atoms with Crippen molar-refractivity contribution in [1.29, 1.82) is 0 Å². The van der Waals surface area contributed by atoms with E-state index in [1.54, 1.807) is 30.4 Å². The zero-order valence-electron chi connectivity index (χ0n) is 23.0. The number of hydrogen-bond acceptors (Lipinski definition) is 4. The minimum absolute atomic E-state index is 0.0294. The molecule has 2 atom stereocenters. The molecule has 1 aliphatic rings. The predicted octanol–water partition coefficient (Wildman–Crippen LogP) is 6.17. The molecule has 0 unspecified atom stereocenters. The normalized spacial score (nSPS) is 17.0. The monoisotopic (exact) mass is 540 g/mol. The van der Waals surface area contributed by atoms with Crippen LogP contribution < -0.4 is 0 Å². The van der Waals surface area contributed by atoms with Crippen molar-refractivity contribution in [2.45, 2.75) is 65.5 Å². The van der Waals surface area contributed by atoms with Gasteiger partial charge in [0.25, 0.3) is 5.91 Å². The van der Waals surface area contributed by atoms with Gasteiger partial charge in [-0.2, -0.15) is 0 Å². The van der Waals surface area contributed by atoms with Crippen molar-refractivity contribution >= 4 is 34.7 Å². The maximum Gasteiger partial charge on any atom is 0.256 e. The van der Waals surface area contributed by atoms with E-state index in [2.05, 4.69) is 23.7 Å². The van der Waals surface area contributed by atoms with Gasteiger partial charge in [-0.3, -0.25) is 14.7 Å². The van der Waals surface area contributed by atoms with Crippen LogP contribution in [0.1, 0.15) is 62.9 Å². The van der Waals surface area contributed by atoms with Gasteiger partial charge in [-0.15, -0.1) is 0 Å². The van der Waals surface area contributed by atoms with Crippen molar-refractivity contribution in [1.82, 2.24) is 19.4 Å². The third-order valence-corrected chi connectivity index (χ3v) is 8.22. The molecular formula is C30H38ClFN4O2. The van der Waals surface area contributed by atoms with Gasteiger partial charge in [0.15, 0.2) is 0 Å². The first kappa shape index (κ1) is 28.2. The van der Waals surface area contributed by atoms with Crippen LogP contribution in [0.4, 0.5) is 4.39 Å². The number of hydrogen-bond donors (Lipinski definition) is 0. The van der Waals surface area contributed by atoms with Crippen LogP contribution in [0.5, 0.6) is 0 Å². The molecule has 38 heavy (non-hydrogen) atoms. The molecule has 0 saturated carbocycles. The van der Waals surface area contributed by atoms with Gasteiger partial charge in [-0.1, -0.05) is 25.4 Å². The summed E-state index contributed by atoms with van der Waals surface area (Å²) < 4.78 is 16.3. The van der Waals surface area contributed by atoms with Gasteiger partial charge in [0.05, 0.1) is 28.0 Å².